The second kappa shape index (κ2) is 9.80. The first-order chi connectivity index (χ1) is 17.7. The normalized spacial score (nSPS) is 22.6. The van der Waals surface area contributed by atoms with Crippen molar-refractivity contribution in [3.8, 4) is 5.75 Å². The van der Waals surface area contributed by atoms with Crippen molar-refractivity contribution in [1.82, 2.24) is 10.2 Å². The molecule has 0 bridgehead atoms. The summed E-state index contributed by atoms with van der Waals surface area (Å²) < 4.78 is 20.5. The van der Waals surface area contributed by atoms with E-state index in [0.717, 1.165) is 32.1 Å². The minimum absolute atomic E-state index is 0.0439. The number of carbonyl (C=O) groups excluding carboxylic acids is 2. The van der Waals surface area contributed by atoms with Gasteiger partial charge in [-0.1, -0.05) is 6.42 Å². The second-order valence-corrected chi connectivity index (χ2v) is 11.0. The minimum Gasteiger partial charge on any atom is -0.493 e. The van der Waals surface area contributed by atoms with Crippen LogP contribution in [-0.4, -0.2) is 54.0 Å². The van der Waals surface area contributed by atoms with Gasteiger partial charge in [-0.15, -0.1) is 0 Å². The maximum absolute atomic E-state index is 14.8. The summed E-state index contributed by atoms with van der Waals surface area (Å²) in [6.07, 6.45) is 5.16. The van der Waals surface area contributed by atoms with Gasteiger partial charge in [-0.05, 0) is 86.8 Å². The molecule has 1 heterocycles. The number of aromatic carboxylic acids is 1. The molecule has 2 saturated carbocycles. The summed E-state index contributed by atoms with van der Waals surface area (Å²) in [5.41, 5.74) is 1.51. The standard InChI is InChI=1S/C29H33FN2O5/c1-17-10-20(11-18(2)25(17)28(35)36)26(33)31-15-29-9-3-4-21(29)13-32(16-29)27(34)23-8-7-22(12-24(23)30)37-14-19-5-6-19/h7-8,10-12,19,21H,3-6,9,13-16H2,1-2H3,(H,31,33)(H,35,36)/t21-,29-/m0/s1. The van der Waals surface area contributed by atoms with Crippen molar-refractivity contribution in [3.63, 3.8) is 0 Å². The van der Waals surface area contributed by atoms with Crippen LogP contribution in [0.2, 0.25) is 0 Å². The van der Waals surface area contributed by atoms with Crippen LogP contribution in [0, 0.1) is 36.9 Å². The SMILES string of the molecule is Cc1cc(C(=O)NC[C@]23CCC[C@H]2CN(C(=O)c2ccc(OCC4CC4)cc2F)C3)cc(C)c1C(=O)O. The fourth-order valence-corrected chi connectivity index (χ4v) is 6.08. The summed E-state index contributed by atoms with van der Waals surface area (Å²) in [7, 11) is 0. The molecule has 2 amide bonds. The number of benzene rings is 2. The average molecular weight is 509 g/mol. The molecular formula is C29H33FN2O5. The summed E-state index contributed by atoms with van der Waals surface area (Å²) in [6.45, 7) is 5.37. The number of hydrogen-bond donors (Lipinski definition) is 2. The van der Waals surface area contributed by atoms with Gasteiger partial charge in [-0.3, -0.25) is 9.59 Å². The Hall–Kier alpha value is -3.42. The highest BCUT2D eigenvalue weighted by molar-refractivity contribution is 5.98. The summed E-state index contributed by atoms with van der Waals surface area (Å²) in [6, 6.07) is 7.66. The maximum Gasteiger partial charge on any atom is 0.336 e. The number of aryl methyl sites for hydroxylation is 2. The Kier molecular flexibility index (Phi) is 6.68. The Labute approximate surface area is 216 Å². The van der Waals surface area contributed by atoms with E-state index in [1.165, 1.54) is 12.1 Å². The van der Waals surface area contributed by atoms with Crippen LogP contribution in [0.1, 0.15) is 74.3 Å². The van der Waals surface area contributed by atoms with E-state index in [2.05, 4.69) is 5.32 Å². The van der Waals surface area contributed by atoms with Crippen molar-refractivity contribution >= 4 is 17.8 Å². The molecule has 0 radical (unpaired) electrons. The van der Waals surface area contributed by atoms with Crippen LogP contribution in [0.4, 0.5) is 4.39 Å². The number of nitrogens with one attached hydrogen (secondary N) is 1. The van der Waals surface area contributed by atoms with Crippen molar-refractivity contribution in [2.75, 3.05) is 26.2 Å². The molecule has 7 nitrogen and oxygen atoms in total. The molecule has 0 aromatic heterocycles. The fourth-order valence-electron chi connectivity index (χ4n) is 6.08. The van der Waals surface area contributed by atoms with Gasteiger partial charge >= 0.3 is 5.97 Å². The Morgan fingerprint density at radius 1 is 1.14 bits per heavy atom. The summed E-state index contributed by atoms with van der Waals surface area (Å²) in [5.74, 6) is -0.945. The minimum atomic E-state index is -1.01. The van der Waals surface area contributed by atoms with Crippen molar-refractivity contribution in [2.45, 2.75) is 46.0 Å². The third-order valence-electron chi connectivity index (χ3n) is 8.29. The molecule has 0 unspecified atom stereocenters. The van der Waals surface area contributed by atoms with E-state index in [9.17, 15) is 23.9 Å². The van der Waals surface area contributed by atoms with E-state index in [0.29, 0.717) is 54.6 Å². The van der Waals surface area contributed by atoms with E-state index in [-0.39, 0.29) is 34.3 Å². The first kappa shape index (κ1) is 25.2. The van der Waals surface area contributed by atoms with E-state index < -0.39 is 11.8 Å². The summed E-state index contributed by atoms with van der Waals surface area (Å²) in [5, 5.41) is 12.4. The van der Waals surface area contributed by atoms with E-state index >= 15 is 0 Å². The predicted molar refractivity (Wildman–Crippen MR) is 136 cm³/mol. The Balaban J connectivity index is 1.25. The van der Waals surface area contributed by atoms with Gasteiger partial charge in [0.2, 0.25) is 0 Å². The predicted octanol–water partition coefficient (Wildman–Crippen LogP) is 4.60. The molecule has 196 valence electrons. The van der Waals surface area contributed by atoms with Crippen molar-refractivity contribution < 1.29 is 28.6 Å². The van der Waals surface area contributed by atoms with Gasteiger partial charge in [0.1, 0.15) is 11.6 Å². The van der Waals surface area contributed by atoms with Gasteiger partial charge < -0.3 is 20.1 Å². The van der Waals surface area contributed by atoms with Gasteiger partial charge in [-0.25, -0.2) is 9.18 Å². The molecule has 2 N–H and O–H groups in total. The van der Waals surface area contributed by atoms with Crippen molar-refractivity contribution in [1.29, 1.82) is 0 Å². The van der Waals surface area contributed by atoms with Gasteiger partial charge in [0.05, 0.1) is 17.7 Å². The molecule has 37 heavy (non-hydrogen) atoms. The largest absolute Gasteiger partial charge is 0.493 e. The zero-order valence-corrected chi connectivity index (χ0v) is 21.3. The fraction of sp³-hybridized carbons (Fsp3) is 0.483. The summed E-state index contributed by atoms with van der Waals surface area (Å²) >= 11 is 0. The molecule has 8 heteroatoms. The number of carbonyl (C=O) groups is 3. The lowest BCUT2D eigenvalue weighted by Crippen LogP contribution is -2.41. The number of nitrogens with zero attached hydrogens (tertiary/aromatic N) is 1. The van der Waals surface area contributed by atoms with Gasteiger partial charge in [0, 0.05) is 36.7 Å². The van der Waals surface area contributed by atoms with Crippen LogP contribution in [-0.2, 0) is 0 Å². The maximum atomic E-state index is 14.8. The number of carboxylic acids is 1. The number of carboxylic acid groups (broad SMARTS) is 1. The van der Waals surface area contributed by atoms with Gasteiger partial charge in [0.25, 0.3) is 11.8 Å². The van der Waals surface area contributed by atoms with Gasteiger partial charge in [-0.2, -0.15) is 0 Å². The third kappa shape index (κ3) is 5.06. The molecule has 5 rings (SSSR count). The topological polar surface area (TPSA) is 95.9 Å². The zero-order chi connectivity index (χ0) is 26.3. The molecule has 1 saturated heterocycles. The second-order valence-electron chi connectivity index (χ2n) is 11.0. The van der Waals surface area contributed by atoms with Crippen LogP contribution in [0.3, 0.4) is 0 Å². The van der Waals surface area contributed by atoms with Crippen LogP contribution in [0.5, 0.6) is 5.75 Å². The highest BCUT2D eigenvalue weighted by Gasteiger charge is 2.50. The molecule has 2 aromatic rings. The number of amides is 2. The lowest BCUT2D eigenvalue weighted by molar-refractivity contribution is 0.0693. The molecule has 1 aliphatic heterocycles. The number of hydrogen-bond acceptors (Lipinski definition) is 4. The highest BCUT2D eigenvalue weighted by Crippen LogP contribution is 2.48. The van der Waals surface area contributed by atoms with E-state index in [1.807, 2.05) is 0 Å². The lowest BCUT2D eigenvalue weighted by Gasteiger charge is -2.29. The van der Waals surface area contributed by atoms with Gasteiger partial charge in [0.15, 0.2) is 0 Å². The van der Waals surface area contributed by atoms with Crippen LogP contribution in [0.15, 0.2) is 30.3 Å². The van der Waals surface area contributed by atoms with Crippen molar-refractivity contribution in [3.05, 3.63) is 64.0 Å². The first-order valence-corrected chi connectivity index (χ1v) is 13.0. The van der Waals surface area contributed by atoms with Crippen molar-refractivity contribution in [2.24, 2.45) is 17.3 Å². The number of ether oxygens (including phenoxy) is 1. The summed E-state index contributed by atoms with van der Waals surface area (Å²) in [4.78, 5) is 39.4. The quantitative estimate of drug-likeness (QED) is 0.543. The molecule has 2 atom stereocenters. The smallest absolute Gasteiger partial charge is 0.336 e. The number of likely N-dealkylation sites (tertiary alicyclic amines) is 1. The Bertz CT molecular complexity index is 1230. The monoisotopic (exact) mass is 508 g/mol. The lowest BCUT2D eigenvalue weighted by atomic mass is 9.80. The van der Waals surface area contributed by atoms with Crippen LogP contribution >= 0.6 is 0 Å². The Morgan fingerprint density at radius 2 is 1.86 bits per heavy atom. The first-order valence-electron chi connectivity index (χ1n) is 13.0. The van der Waals surface area contributed by atoms with E-state index in [4.69, 9.17) is 4.74 Å². The number of rotatable bonds is 8. The third-order valence-corrected chi connectivity index (χ3v) is 8.29. The van der Waals surface area contributed by atoms with Crippen LogP contribution < -0.4 is 10.1 Å². The highest BCUT2D eigenvalue weighted by atomic mass is 19.1. The molecule has 3 fully saturated rings. The molecule has 2 aliphatic carbocycles. The molecule has 0 spiro atoms. The average Bonchev–Trinajstić information content (AvgIpc) is 3.49. The zero-order valence-electron chi connectivity index (χ0n) is 21.3. The number of halogens is 1. The molecule has 3 aliphatic rings. The van der Waals surface area contributed by atoms with Crippen LogP contribution in [0.25, 0.3) is 0 Å². The Morgan fingerprint density at radius 3 is 2.51 bits per heavy atom. The molecule has 2 aromatic carbocycles. The van der Waals surface area contributed by atoms with E-state index in [1.54, 1.807) is 36.9 Å². The molecular weight excluding hydrogens is 475 g/mol. The number of fused-ring (bicyclic) bond motifs is 1.